The van der Waals surface area contributed by atoms with E-state index in [1.165, 1.54) is 0 Å². The van der Waals surface area contributed by atoms with Gasteiger partial charge >= 0.3 is 0 Å². The Morgan fingerprint density at radius 3 is 2.71 bits per heavy atom. The Balaban J connectivity index is 1.98. The molecule has 0 aliphatic carbocycles. The highest BCUT2D eigenvalue weighted by Crippen LogP contribution is 2.31. The van der Waals surface area contributed by atoms with Crippen LogP contribution in [0.2, 0.25) is 0 Å². The number of pyridine rings is 1. The maximum absolute atomic E-state index is 11.1. The number of hydrogen-bond donors (Lipinski definition) is 2. The Morgan fingerprint density at radius 2 is 2.00 bits per heavy atom. The second-order valence-electron chi connectivity index (χ2n) is 6.60. The van der Waals surface area contributed by atoms with Crippen molar-refractivity contribution in [3.63, 3.8) is 0 Å². The summed E-state index contributed by atoms with van der Waals surface area (Å²) in [6.07, 6.45) is 2.07. The Hall–Kier alpha value is -1.75. The molecule has 0 atom stereocenters. The number of primary sulfonamides is 1. The summed E-state index contributed by atoms with van der Waals surface area (Å²) in [5.74, 6) is 1.16. The van der Waals surface area contributed by atoms with Gasteiger partial charge in [-0.1, -0.05) is 22.4 Å². The van der Waals surface area contributed by atoms with Crippen molar-refractivity contribution in [3.8, 4) is 0 Å². The van der Waals surface area contributed by atoms with E-state index in [-0.39, 0.29) is 5.75 Å². The topological polar surface area (TPSA) is 126 Å². The van der Waals surface area contributed by atoms with Gasteiger partial charge in [0.2, 0.25) is 10.0 Å². The first-order valence-electron chi connectivity index (χ1n) is 9.12. The minimum absolute atomic E-state index is 0.00267. The predicted molar refractivity (Wildman–Crippen MR) is 114 cm³/mol. The van der Waals surface area contributed by atoms with Crippen LogP contribution in [0.1, 0.15) is 32.0 Å². The van der Waals surface area contributed by atoms with E-state index in [1.54, 1.807) is 0 Å². The number of nitrogen functional groups attached to an aromatic ring is 1. The van der Waals surface area contributed by atoms with E-state index in [0.717, 1.165) is 39.6 Å². The number of benzene rings is 1. The first-order chi connectivity index (χ1) is 13.3. The van der Waals surface area contributed by atoms with Gasteiger partial charge in [-0.2, -0.15) is 0 Å². The number of nitrogens with two attached hydrogens (primary N) is 2. The molecule has 2 heterocycles. The molecule has 0 saturated heterocycles. The molecular formula is C18H24BrN5O3S. The summed E-state index contributed by atoms with van der Waals surface area (Å²) in [6, 6.07) is 5.89. The Bertz CT molecular complexity index is 1100. The standard InChI is InChI=1S/C18H24BrN5O3S/c1-2-27-11-15-23-16-17(24(15)8-4-3-5-9-28(21,25)26)13-7-6-12(19)10-14(13)22-18(16)20/h6-7,10H,2-5,8-9,11H2,1H3,(H2,20,22)(H2,21,25,26). The molecule has 0 fully saturated rings. The maximum Gasteiger partial charge on any atom is 0.209 e. The number of hydrogen-bond acceptors (Lipinski definition) is 6. The normalized spacial score (nSPS) is 12.2. The predicted octanol–water partition coefficient (Wildman–Crippen LogP) is 2.92. The fourth-order valence-electron chi connectivity index (χ4n) is 3.23. The van der Waals surface area contributed by atoms with Crippen LogP contribution < -0.4 is 10.9 Å². The van der Waals surface area contributed by atoms with Gasteiger partial charge in [-0.3, -0.25) is 0 Å². The lowest BCUT2D eigenvalue weighted by molar-refractivity contribution is 0.126. The Kier molecular flexibility index (Phi) is 6.54. The molecule has 3 rings (SSSR count). The van der Waals surface area contributed by atoms with Crippen LogP contribution in [0.5, 0.6) is 0 Å². The van der Waals surface area contributed by atoms with Gasteiger partial charge < -0.3 is 15.0 Å². The number of nitrogens with zero attached hydrogens (tertiary/aromatic N) is 3. The van der Waals surface area contributed by atoms with E-state index < -0.39 is 10.0 Å². The number of fused-ring (bicyclic) bond motifs is 3. The van der Waals surface area contributed by atoms with Crippen LogP contribution in [0.3, 0.4) is 0 Å². The monoisotopic (exact) mass is 469 g/mol. The molecule has 152 valence electrons. The first-order valence-corrected chi connectivity index (χ1v) is 11.6. The number of ether oxygens (including phenoxy) is 1. The summed E-state index contributed by atoms with van der Waals surface area (Å²) in [5, 5.41) is 6.04. The van der Waals surface area contributed by atoms with Crippen LogP contribution in [0.25, 0.3) is 21.9 Å². The van der Waals surface area contributed by atoms with Crippen LogP contribution in [-0.4, -0.2) is 35.3 Å². The van der Waals surface area contributed by atoms with Gasteiger partial charge in [0, 0.05) is 23.0 Å². The van der Waals surface area contributed by atoms with E-state index in [1.807, 2.05) is 25.1 Å². The van der Waals surface area contributed by atoms with Gasteiger partial charge in [0.1, 0.15) is 17.9 Å². The van der Waals surface area contributed by atoms with Crippen molar-refractivity contribution in [1.82, 2.24) is 14.5 Å². The number of sulfonamides is 1. The smallest absolute Gasteiger partial charge is 0.209 e. The summed E-state index contributed by atoms with van der Waals surface area (Å²) >= 11 is 3.47. The second kappa shape index (κ2) is 8.73. The zero-order valence-corrected chi connectivity index (χ0v) is 18.1. The van der Waals surface area contributed by atoms with Crippen molar-refractivity contribution in [2.24, 2.45) is 5.14 Å². The van der Waals surface area contributed by atoms with E-state index >= 15 is 0 Å². The number of unbranched alkanes of at least 4 members (excludes halogenated alkanes) is 2. The molecule has 0 aliphatic heterocycles. The molecule has 0 radical (unpaired) electrons. The van der Waals surface area contributed by atoms with E-state index in [4.69, 9.17) is 15.6 Å². The van der Waals surface area contributed by atoms with Crippen LogP contribution in [0, 0.1) is 0 Å². The lowest BCUT2D eigenvalue weighted by Crippen LogP contribution is -2.16. The van der Waals surface area contributed by atoms with Crippen molar-refractivity contribution in [2.45, 2.75) is 39.3 Å². The molecule has 8 nitrogen and oxygen atoms in total. The number of anilines is 1. The molecule has 4 N–H and O–H groups in total. The van der Waals surface area contributed by atoms with Gasteiger partial charge in [0.15, 0.2) is 5.82 Å². The van der Waals surface area contributed by atoms with Gasteiger partial charge in [-0.15, -0.1) is 0 Å². The van der Waals surface area contributed by atoms with E-state index in [0.29, 0.717) is 37.5 Å². The van der Waals surface area contributed by atoms with Gasteiger partial charge in [-0.05, 0) is 38.0 Å². The summed E-state index contributed by atoms with van der Waals surface area (Å²) in [5.41, 5.74) is 8.56. The van der Waals surface area contributed by atoms with Gasteiger partial charge in [0.05, 0.1) is 16.8 Å². The number of rotatable bonds is 9. The highest BCUT2D eigenvalue weighted by atomic mass is 79.9. The molecule has 0 saturated carbocycles. The van der Waals surface area contributed by atoms with E-state index in [9.17, 15) is 8.42 Å². The summed E-state index contributed by atoms with van der Waals surface area (Å²) in [6.45, 7) is 3.57. The van der Waals surface area contributed by atoms with Crippen molar-refractivity contribution in [2.75, 3.05) is 18.1 Å². The van der Waals surface area contributed by atoms with Crippen LogP contribution in [0.4, 0.5) is 5.82 Å². The largest absolute Gasteiger partial charge is 0.382 e. The number of imidazole rings is 1. The quantitative estimate of drug-likeness (QED) is 0.463. The minimum Gasteiger partial charge on any atom is -0.382 e. The lowest BCUT2D eigenvalue weighted by Gasteiger charge is -2.11. The SMILES string of the molecule is CCOCc1nc2c(N)nc3cc(Br)ccc3c2n1CCCCCS(N)(=O)=O. The van der Waals surface area contributed by atoms with Crippen LogP contribution >= 0.6 is 15.9 Å². The molecule has 10 heteroatoms. The van der Waals surface area contributed by atoms with E-state index in [2.05, 4.69) is 30.5 Å². The zero-order chi connectivity index (χ0) is 20.3. The third-order valence-electron chi connectivity index (χ3n) is 4.49. The molecule has 28 heavy (non-hydrogen) atoms. The van der Waals surface area contributed by atoms with Crippen molar-refractivity contribution >= 4 is 53.7 Å². The summed E-state index contributed by atoms with van der Waals surface area (Å²) in [4.78, 5) is 9.17. The number of aryl methyl sites for hydroxylation is 1. The molecule has 2 aromatic heterocycles. The average molecular weight is 470 g/mol. The molecule has 3 aromatic rings. The fourth-order valence-corrected chi connectivity index (χ4v) is 4.18. The number of aromatic nitrogens is 3. The Morgan fingerprint density at radius 1 is 1.21 bits per heavy atom. The van der Waals surface area contributed by atoms with Crippen LogP contribution in [-0.2, 0) is 27.9 Å². The summed E-state index contributed by atoms with van der Waals surface area (Å²) < 4.78 is 30.8. The molecule has 0 unspecified atom stereocenters. The molecule has 0 bridgehead atoms. The minimum atomic E-state index is -3.42. The number of halogens is 1. The van der Waals surface area contributed by atoms with Gasteiger partial charge in [0.25, 0.3) is 0 Å². The molecule has 1 aromatic carbocycles. The first kappa shape index (κ1) is 21.0. The zero-order valence-electron chi connectivity index (χ0n) is 15.7. The molecule has 0 amide bonds. The van der Waals surface area contributed by atoms with Crippen molar-refractivity contribution < 1.29 is 13.2 Å². The third-order valence-corrected chi connectivity index (χ3v) is 5.84. The Labute approximate surface area is 172 Å². The molecule has 0 aliphatic rings. The highest BCUT2D eigenvalue weighted by molar-refractivity contribution is 9.10. The van der Waals surface area contributed by atoms with Crippen LogP contribution in [0.15, 0.2) is 22.7 Å². The van der Waals surface area contributed by atoms with Gasteiger partial charge in [-0.25, -0.2) is 23.5 Å². The molecule has 0 spiro atoms. The third kappa shape index (κ3) is 4.80. The molecular weight excluding hydrogens is 446 g/mol. The highest BCUT2D eigenvalue weighted by Gasteiger charge is 2.17. The maximum atomic E-state index is 11.1. The average Bonchev–Trinajstić information content (AvgIpc) is 2.98. The van der Waals surface area contributed by atoms with Crippen molar-refractivity contribution in [1.29, 1.82) is 0 Å². The summed E-state index contributed by atoms with van der Waals surface area (Å²) in [7, 11) is -3.42. The lowest BCUT2D eigenvalue weighted by atomic mass is 10.2. The fraction of sp³-hybridized carbons (Fsp3) is 0.444. The van der Waals surface area contributed by atoms with Crippen molar-refractivity contribution in [3.05, 3.63) is 28.5 Å². The second-order valence-corrected chi connectivity index (χ2v) is 9.25.